The van der Waals surface area contributed by atoms with E-state index in [1.54, 1.807) is 19.2 Å². The van der Waals surface area contributed by atoms with Crippen LogP contribution in [-0.4, -0.2) is 42.9 Å². The Morgan fingerprint density at radius 1 is 1.17 bits per heavy atom. The molecule has 1 aliphatic rings. The van der Waals surface area contributed by atoms with Crippen molar-refractivity contribution in [2.45, 2.75) is 19.3 Å². The van der Waals surface area contributed by atoms with Gasteiger partial charge in [0.1, 0.15) is 6.61 Å². The van der Waals surface area contributed by atoms with E-state index in [0.29, 0.717) is 24.6 Å². The summed E-state index contributed by atoms with van der Waals surface area (Å²) in [5.41, 5.74) is 1.93. The summed E-state index contributed by atoms with van der Waals surface area (Å²) in [4.78, 5) is 10.3. The number of non-ortho nitro benzene ring substituents is 1. The number of halogens is 1. The summed E-state index contributed by atoms with van der Waals surface area (Å²) in [6, 6.07) is 12.0. The van der Waals surface area contributed by atoms with Gasteiger partial charge in [0.25, 0.3) is 5.69 Å². The zero-order valence-electron chi connectivity index (χ0n) is 16.2. The van der Waals surface area contributed by atoms with Crippen molar-refractivity contribution < 1.29 is 19.5 Å². The molecular weight excluding hydrogens is 398 g/mol. The molecule has 2 atom stereocenters. The quantitative estimate of drug-likeness (QED) is 0.419. The molecule has 0 spiro atoms. The first-order chi connectivity index (χ1) is 13.6. The molecule has 8 nitrogen and oxygen atoms in total. The van der Waals surface area contributed by atoms with Crippen LogP contribution >= 0.6 is 12.4 Å². The van der Waals surface area contributed by atoms with Crippen LogP contribution in [0.15, 0.2) is 42.5 Å². The summed E-state index contributed by atoms with van der Waals surface area (Å²) in [6.45, 7) is 3.14. The average Bonchev–Trinajstić information content (AvgIpc) is 3.11. The Morgan fingerprint density at radius 3 is 2.52 bits per heavy atom. The van der Waals surface area contributed by atoms with Crippen molar-refractivity contribution >= 4 is 18.1 Å². The number of benzene rings is 2. The van der Waals surface area contributed by atoms with E-state index >= 15 is 0 Å². The fourth-order valence-electron chi connectivity index (χ4n) is 3.15. The van der Waals surface area contributed by atoms with E-state index in [2.05, 4.69) is 10.6 Å². The summed E-state index contributed by atoms with van der Waals surface area (Å²) in [7, 11) is 1.58. The van der Waals surface area contributed by atoms with Crippen LogP contribution in [0.2, 0.25) is 0 Å². The molecule has 1 heterocycles. The number of aliphatic hydroxyl groups is 1. The van der Waals surface area contributed by atoms with Crippen LogP contribution in [0.1, 0.15) is 11.1 Å². The van der Waals surface area contributed by atoms with E-state index in [1.807, 2.05) is 18.2 Å². The molecular formula is C20H26ClN3O5. The molecule has 0 aliphatic carbocycles. The molecule has 2 unspecified atom stereocenters. The number of nitro groups is 1. The van der Waals surface area contributed by atoms with Gasteiger partial charge in [0, 0.05) is 44.2 Å². The number of methoxy groups -OCH3 is 1. The van der Waals surface area contributed by atoms with Gasteiger partial charge in [-0.3, -0.25) is 10.1 Å². The van der Waals surface area contributed by atoms with Gasteiger partial charge in [-0.2, -0.15) is 0 Å². The van der Waals surface area contributed by atoms with Crippen LogP contribution in [0.4, 0.5) is 5.69 Å². The molecule has 0 bridgehead atoms. The van der Waals surface area contributed by atoms with E-state index in [0.717, 1.165) is 24.2 Å². The first-order valence-corrected chi connectivity index (χ1v) is 9.19. The first kappa shape index (κ1) is 22.9. The second-order valence-electron chi connectivity index (χ2n) is 6.81. The molecule has 0 aromatic heterocycles. The highest BCUT2D eigenvalue weighted by atomic mass is 35.5. The lowest BCUT2D eigenvalue weighted by Gasteiger charge is -2.15. The zero-order valence-corrected chi connectivity index (χ0v) is 17.0. The minimum absolute atomic E-state index is 0. The SMILES string of the molecule is COc1ccc(CNCC2CNCC2O)cc1OCc1ccc([N+](=O)[O-])cc1.Cl. The van der Waals surface area contributed by atoms with Crippen molar-refractivity contribution in [3.8, 4) is 11.5 Å². The fourth-order valence-corrected chi connectivity index (χ4v) is 3.15. The number of hydrogen-bond acceptors (Lipinski definition) is 7. The Morgan fingerprint density at radius 2 is 1.90 bits per heavy atom. The molecule has 2 aromatic carbocycles. The number of rotatable bonds is 9. The second kappa shape index (κ2) is 11.0. The molecule has 0 amide bonds. The van der Waals surface area contributed by atoms with E-state index in [1.165, 1.54) is 12.1 Å². The van der Waals surface area contributed by atoms with Crippen molar-refractivity contribution in [3.63, 3.8) is 0 Å². The van der Waals surface area contributed by atoms with E-state index < -0.39 is 4.92 Å². The average molecular weight is 424 g/mol. The van der Waals surface area contributed by atoms with Gasteiger partial charge in [-0.1, -0.05) is 6.07 Å². The van der Waals surface area contributed by atoms with Gasteiger partial charge < -0.3 is 25.2 Å². The van der Waals surface area contributed by atoms with Gasteiger partial charge in [-0.25, -0.2) is 0 Å². The standard InChI is InChI=1S/C20H25N3O5.ClH/c1-27-19-7-4-15(9-21-10-16-11-22-12-18(16)24)8-20(19)28-13-14-2-5-17(6-3-14)23(25)26;/h2-8,16,18,21-22,24H,9-13H2,1H3;1H. The topological polar surface area (TPSA) is 106 Å². The van der Waals surface area contributed by atoms with Crippen molar-refractivity contribution in [2.24, 2.45) is 5.92 Å². The van der Waals surface area contributed by atoms with E-state index in [4.69, 9.17) is 9.47 Å². The molecule has 1 saturated heterocycles. The third-order valence-corrected chi connectivity index (χ3v) is 4.81. The van der Waals surface area contributed by atoms with Crippen molar-refractivity contribution in [3.05, 3.63) is 63.7 Å². The number of ether oxygens (including phenoxy) is 2. The Balaban J connectivity index is 0.00000300. The highest BCUT2D eigenvalue weighted by Crippen LogP contribution is 2.29. The Bertz CT molecular complexity index is 803. The maximum absolute atomic E-state index is 10.7. The van der Waals surface area contributed by atoms with E-state index in [-0.39, 0.29) is 36.7 Å². The number of nitrogens with zero attached hydrogens (tertiary/aromatic N) is 1. The molecule has 0 radical (unpaired) electrons. The highest BCUT2D eigenvalue weighted by Gasteiger charge is 2.24. The van der Waals surface area contributed by atoms with Crippen LogP contribution in [0.3, 0.4) is 0 Å². The minimum Gasteiger partial charge on any atom is -0.493 e. The summed E-state index contributed by atoms with van der Waals surface area (Å²) in [6.07, 6.45) is -0.302. The molecule has 29 heavy (non-hydrogen) atoms. The molecule has 3 N–H and O–H groups in total. The fraction of sp³-hybridized carbons (Fsp3) is 0.400. The smallest absolute Gasteiger partial charge is 0.269 e. The van der Waals surface area contributed by atoms with Gasteiger partial charge >= 0.3 is 0 Å². The molecule has 0 saturated carbocycles. The molecule has 1 fully saturated rings. The van der Waals surface area contributed by atoms with Crippen molar-refractivity contribution in [2.75, 3.05) is 26.7 Å². The van der Waals surface area contributed by atoms with Gasteiger partial charge in [0.2, 0.25) is 0 Å². The monoisotopic (exact) mass is 423 g/mol. The third kappa shape index (κ3) is 6.30. The number of nitrogens with one attached hydrogen (secondary N) is 2. The molecule has 9 heteroatoms. The largest absolute Gasteiger partial charge is 0.493 e. The van der Waals surface area contributed by atoms with Crippen LogP contribution in [-0.2, 0) is 13.2 Å². The van der Waals surface area contributed by atoms with Crippen LogP contribution in [0.5, 0.6) is 11.5 Å². The third-order valence-electron chi connectivity index (χ3n) is 4.81. The summed E-state index contributed by atoms with van der Waals surface area (Å²) >= 11 is 0. The Labute approximate surface area is 175 Å². The highest BCUT2D eigenvalue weighted by molar-refractivity contribution is 5.85. The number of aliphatic hydroxyl groups excluding tert-OH is 1. The van der Waals surface area contributed by atoms with Gasteiger partial charge in [0.05, 0.1) is 18.1 Å². The Kier molecular flexibility index (Phi) is 8.66. The van der Waals surface area contributed by atoms with Gasteiger partial charge in [-0.05, 0) is 35.4 Å². The molecule has 158 valence electrons. The van der Waals surface area contributed by atoms with Crippen LogP contribution in [0, 0.1) is 16.0 Å². The van der Waals surface area contributed by atoms with E-state index in [9.17, 15) is 15.2 Å². The normalized spacial score (nSPS) is 18.1. The van der Waals surface area contributed by atoms with Crippen molar-refractivity contribution in [1.82, 2.24) is 10.6 Å². The summed E-state index contributed by atoms with van der Waals surface area (Å²) in [5.74, 6) is 1.46. The van der Waals surface area contributed by atoms with Crippen LogP contribution in [0.25, 0.3) is 0 Å². The first-order valence-electron chi connectivity index (χ1n) is 9.19. The maximum atomic E-state index is 10.7. The van der Waals surface area contributed by atoms with Crippen molar-refractivity contribution in [1.29, 1.82) is 0 Å². The number of nitro benzene ring substituents is 1. The predicted molar refractivity (Wildman–Crippen MR) is 112 cm³/mol. The molecule has 1 aliphatic heterocycles. The lowest BCUT2D eigenvalue weighted by Crippen LogP contribution is -2.30. The zero-order chi connectivity index (χ0) is 19.9. The molecule has 3 rings (SSSR count). The van der Waals surface area contributed by atoms with Gasteiger partial charge in [0.15, 0.2) is 11.5 Å². The summed E-state index contributed by atoms with van der Waals surface area (Å²) in [5, 5.41) is 27.1. The van der Waals surface area contributed by atoms with Crippen LogP contribution < -0.4 is 20.1 Å². The number of hydrogen-bond donors (Lipinski definition) is 3. The lowest BCUT2D eigenvalue weighted by molar-refractivity contribution is -0.384. The Hall–Kier alpha value is -2.39. The minimum atomic E-state index is -0.426. The maximum Gasteiger partial charge on any atom is 0.269 e. The summed E-state index contributed by atoms with van der Waals surface area (Å²) < 4.78 is 11.2. The second-order valence-corrected chi connectivity index (χ2v) is 6.81. The molecule has 2 aromatic rings. The van der Waals surface area contributed by atoms with Gasteiger partial charge in [-0.15, -0.1) is 12.4 Å². The number of β-amino-alcohol motifs (C(OH)–C–C–N with tert-alkyl or cyclic N) is 1. The predicted octanol–water partition coefficient (Wildman–Crippen LogP) is 2.27. The lowest BCUT2D eigenvalue weighted by atomic mass is 10.1.